The van der Waals surface area contributed by atoms with Gasteiger partial charge >= 0.3 is 0 Å². The standard InChI is InChI=1S/C21H27NO4S/c1-2-16-27(24,25)22-20-10-6-7-15-21(20,23)17-11-13-19(14-12-17)26-18-8-4-3-5-9-18/h3-5,8-9,11-14,20,22-23H,2,6-7,10,15-16H2,1H3. The van der Waals surface area contributed by atoms with Gasteiger partial charge in [-0.3, -0.25) is 0 Å². The molecule has 1 saturated carbocycles. The lowest BCUT2D eigenvalue weighted by molar-refractivity contribution is -0.0249. The van der Waals surface area contributed by atoms with E-state index in [4.69, 9.17) is 4.74 Å². The summed E-state index contributed by atoms with van der Waals surface area (Å²) in [6.07, 6.45) is 3.47. The van der Waals surface area contributed by atoms with Crippen molar-refractivity contribution in [2.24, 2.45) is 0 Å². The monoisotopic (exact) mass is 389 g/mol. The molecular formula is C21H27NO4S. The molecule has 0 aliphatic heterocycles. The minimum atomic E-state index is -3.39. The topological polar surface area (TPSA) is 75.6 Å². The van der Waals surface area contributed by atoms with Gasteiger partial charge in [0, 0.05) is 0 Å². The third kappa shape index (κ3) is 4.89. The van der Waals surface area contributed by atoms with Gasteiger partial charge in [0.05, 0.1) is 11.8 Å². The molecule has 0 spiro atoms. The first-order valence-electron chi connectivity index (χ1n) is 9.49. The first kappa shape index (κ1) is 19.9. The number of ether oxygens (including phenoxy) is 1. The van der Waals surface area contributed by atoms with Crippen LogP contribution in [0.2, 0.25) is 0 Å². The van der Waals surface area contributed by atoms with Crippen LogP contribution in [0, 0.1) is 0 Å². The van der Waals surface area contributed by atoms with Crippen LogP contribution in [0.3, 0.4) is 0 Å². The van der Waals surface area contributed by atoms with Gasteiger partial charge in [-0.1, -0.05) is 50.1 Å². The van der Waals surface area contributed by atoms with Gasteiger partial charge in [0.2, 0.25) is 10.0 Å². The van der Waals surface area contributed by atoms with Crippen LogP contribution < -0.4 is 9.46 Å². The van der Waals surface area contributed by atoms with Crippen LogP contribution in [0.25, 0.3) is 0 Å². The Labute approximate surface area is 161 Å². The molecule has 0 heterocycles. The molecule has 0 aromatic heterocycles. The van der Waals surface area contributed by atoms with E-state index in [0.29, 0.717) is 30.6 Å². The maximum Gasteiger partial charge on any atom is 0.211 e. The Morgan fingerprint density at radius 2 is 1.74 bits per heavy atom. The third-order valence-corrected chi connectivity index (χ3v) is 6.59. The van der Waals surface area contributed by atoms with Gasteiger partial charge in [-0.15, -0.1) is 0 Å². The molecule has 6 heteroatoms. The highest BCUT2D eigenvalue weighted by atomic mass is 32.2. The van der Waals surface area contributed by atoms with Gasteiger partial charge in [-0.25, -0.2) is 13.1 Å². The van der Waals surface area contributed by atoms with Crippen LogP contribution in [0.4, 0.5) is 0 Å². The zero-order chi connectivity index (χ0) is 19.3. The molecule has 0 saturated heterocycles. The molecule has 0 radical (unpaired) electrons. The van der Waals surface area contributed by atoms with Crippen molar-refractivity contribution in [1.82, 2.24) is 4.72 Å². The second-order valence-corrected chi connectivity index (χ2v) is 8.97. The molecule has 0 amide bonds. The van der Waals surface area contributed by atoms with Crippen molar-refractivity contribution < 1.29 is 18.3 Å². The number of nitrogens with one attached hydrogen (secondary N) is 1. The van der Waals surface area contributed by atoms with Crippen LogP contribution in [0.1, 0.15) is 44.6 Å². The molecule has 2 aromatic rings. The van der Waals surface area contributed by atoms with Crippen molar-refractivity contribution >= 4 is 10.0 Å². The number of aliphatic hydroxyl groups is 1. The van der Waals surface area contributed by atoms with Crippen molar-refractivity contribution in [1.29, 1.82) is 0 Å². The Morgan fingerprint density at radius 1 is 1.07 bits per heavy atom. The first-order chi connectivity index (χ1) is 12.9. The van der Waals surface area contributed by atoms with Crippen molar-refractivity contribution in [2.75, 3.05) is 5.75 Å². The van der Waals surface area contributed by atoms with Gasteiger partial charge in [0.1, 0.15) is 17.1 Å². The summed E-state index contributed by atoms with van der Waals surface area (Å²) in [6.45, 7) is 1.83. The van der Waals surface area contributed by atoms with Gasteiger partial charge < -0.3 is 9.84 Å². The van der Waals surface area contributed by atoms with Crippen LogP contribution in [-0.4, -0.2) is 25.3 Å². The lowest BCUT2D eigenvalue weighted by atomic mass is 9.76. The van der Waals surface area contributed by atoms with Crippen LogP contribution in [0.15, 0.2) is 54.6 Å². The quantitative estimate of drug-likeness (QED) is 0.752. The lowest BCUT2D eigenvalue weighted by Gasteiger charge is -2.40. The van der Waals surface area contributed by atoms with Gasteiger partial charge in [-0.05, 0) is 49.1 Å². The first-order valence-corrected chi connectivity index (χ1v) is 11.1. The molecule has 1 aliphatic carbocycles. The summed E-state index contributed by atoms with van der Waals surface area (Å²) < 4.78 is 33.0. The van der Waals surface area contributed by atoms with Crippen molar-refractivity contribution in [3.8, 4) is 11.5 Å². The van der Waals surface area contributed by atoms with Gasteiger partial charge in [-0.2, -0.15) is 0 Å². The average Bonchev–Trinajstić information content (AvgIpc) is 2.65. The smallest absolute Gasteiger partial charge is 0.211 e. The minimum absolute atomic E-state index is 0.0729. The molecule has 2 unspecified atom stereocenters. The largest absolute Gasteiger partial charge is 0.457 e. The molecule has 0 bridgehead atoms. The fraction of sp³-hybridized carbons (Fsp3) is 0.429. The predicted molar refractivity (Wildman–Crippen MR) is 106 cm³/mol. The molecule has 1 fully saturated rings. The normalized spacial score (nSPS) is 23.1. The fourth-order valence-corrected chi connectivity index (χ4v) is 5.04. The number of benzene rings is 2. The van der Waals surface area contributed by atoms with E-state index in [1.807, 2.05) is 61.5 Å². The SMILES string of the molecule is CCCS(=O)(=O)NC1CCCCC1(O)c1ccc(Oc2ccccc2)cc1. The van der Waals surface area contributed by atoms with Gasteiger partial charge in [0.15, 0.2) is 0 Å². The van der Waals surface area contributed by atoms with E-state index >= 15 is 0 Å². The van der Waals surface area contributed by atoms with E-state index in [0.717, 1.165) is 18.6 Å². The highest BCUT2D eigenvalue weighted by molar-refractivity contribution is 7.89. The molecule has 2 aromatic carbocycles. The summed E-state index contributed by atoms with van der Waals surface area (Å²) in [5, 5.41) is 11.3. The Kier molecular flexibility index (Phi) is 6.19. The lowest BCUT2D eigenvalue weighted by Crippen LogP contribution is -2.52. The molecule has 146 valence electrons. The van der Waals surface area contributed by atoms with Crippen LogP contribution >= 0.6 is 0 Å². The van der Waals surface area contributed by atoms with E-state index in [-0.39, 0.29) is 5.75 Å². The maximum atomic E-state index is 12.2. The molecule has 5 nitrogen and oxygen atoms in total. The summed E-state index contributed by atoms with van der Waals surface area (Å²) >= 11 is 0. The summed E-state index contributed by atoms with van der Waals surface area (Å²) in [7, 11) is -3.39. The fourth-order valence-electron chi connectivity index (χ4n) is 3.64. The summed E-state index contributed by atoms with van der Waals surface area (Å²) in [5.41, 5.74) is -0.489. The van der Waals surface area contributed by atoms with Crippen LogP contribution in [0.5, 0.6) is 11.5 Å². The van der Waals surface area contributed by atoms with E-state index < -0.39 is 21.7 Å². The van der Waals surface area contributed by atoms with Crippen molar-refractivity contribution in [2.45, 2.75) is 50.7 Å². The van der Waals surface area contributed by atoms with E-state index in [9.17, 15) is 13.5 Å². The molecule has 1 aliphatic rings. The molecule has 27 heavy (non-hydrogen) atoms. The molecule has 2 atom stereocenters. The summed E-state index contributed by atoms with van der Waals surface area (Å²) in [4.78, 5) is 0. The molecule has 3 rings (SSSR count). The van der Waals surface area contributed by atoms with Crippen molar-refractivity contribution in [3.05, 3.63) is 60.2 Å². The maximum absolute atomic E-state index is 12.2. The number of hydrogen-bond acceptors (Lipinski definition) is 4. The van der Waals surface area contributed by atoms with Gasteiger partial charge in [0.25, 0.3) is 0 Å². The number of rotatable bonds is 7. The van der Waals surface area contributed by atoms with E-state index in [2.05, 4.69) is 4.72 Å². The highest BCUT2D eigenvalue weighted by Gasteiger charge is 2.42. The Balaban J connectivity index is 1.79. The van der Waals surface area contributed by atoms with Crippen LogP contribution in [-0.2, 0) is 15.6 Å². The van der Waals surface area contributed by atoms with E-state index in [1.165, 1.54) is 0 Å². The highest BCUT2D eigenvalue weighted by Crippen LogP contribution is 2.38. The zero-order valence-electron chi connectivity index (χ0n) is 15.6. The predicted octanol–water partition coefficient (Wildman–Crippen LogP) is 3.94. The number of para-hydroxylation sites is 1. The number of hydrogen-bond donors (Lipinski definition) is 2. The van der Waals surface area contributed by atoms with Crippen molar-refractivity contribution in [3.63, 3.8) is 0 Å². The minimum Gasteiger partial charge on any atom is -0.457 e. The third-order valence-electron chi connectivity index (χ3n) is 5.00. The Hall–Kier alpha value is -1.89. The average molecular weight is 390 g/mol. The number of sulfonamides is 1. The zero-order valence-corrected chi connectivity index (χ0v) is 16.4. The summed E-state index contributed by atoms with van der Waals surface area (Å²) in [5.74, 6) is 1.49. The second kappa shape index (κ2) is 8.42. The Morgan fingerprint density at radius 3 is 2.41 bits per heavy atom. The molecule has 2 N–H and O–H groups in total. The molecular weight excluding hydrogens is 362 g/mol. The van der Waals surface area contributed by atoms with E-state index in [1.54, 1.807) is 0 Å². The second-order valence-electron chi connectivity index (χ2n) is 7.10. The Bertz CT molecular complexity index is 836. The summed E-state index contributed by atoms with van der Waals surface area (Å²) in [6, 6.07) is 16.2.